The minimum atomic E-state index is -2.81. The minimum Gasteiger partial charge on any atom is -0.434 e. The van der Waals surface area contributed by atoms with Crippen LogP contribution in [-0.4, -0.2) is 25.7 Å². The van der Waals surface area contributed by atoms with E-state index >= 15 is 0 Å². The van der Waals surface area contributed by atoms with Crippen LogP contribution in [0.1, 0.15) is 17.5 Å². The molecule has 0 unspecified atom stereocenters. The molecule has 4 nitrogen and oxygen atoms in total. The first-order valence-corrected chi connectivity index (χ1v) is 6.21. The van der Waals surface area contributed by atoms with Crippen LogP contribution in [0.4, 0.5) is 8.78 Å². The van der Waals surface area contributed by atoms with E-state index in [1.165, 1.54) is 0 Å². The molecular formula is C13H17F2N3O. The number of aliphatic imine (C=N–C) groups is 1. The lowest BCUT2D eigenvalue weighted by atomic mass is 10.1. The molecule has 0 radical (unpaired) electrons. The van der Waals surface area contributed by atoms with Crippen LogP contribution in [0.2, 0.25) is 0 Å². The predicted molar refractivity (Wildman–Crippen MR) is 69.6 cm³/mol. The van der Waals surface area contributed by atoms with Gasteiger partial charge in [-0.15, -0.1) is 0 Å². The van der Waals surface area contributed by atoms with Crippen molar-refractivity contribution in [3.8, 4) is 5.75 Å². The summed E-state index contributed by atoms with van der Waals surface area (Å²) in [6.07, 6.45) is 1.01. The first kappa shape index (κ1) is 13.6. The molecule has 0 bridgehead atoms. The van der Waals surface area contributed by atoms with E-state index in [1.54, 1.807) is 12.1 Å². The molecule has 0 aromatic heterocycles. The van der Waals surface area contributed by atoms with Gasteiger partial charge in [-0.1, -0.05) is 17.7 Å². The van der Waals surface area contributed by atoms with Crippen LogP contribution in [0.15, 0.2) is 23.2 Å². The lowest BCUT2D eigenvalue weighted by molar-refractivity contribution is -0.0504. The first-order valence-electron chi connectivity index (χ1n) is 6.21. The number of guanidine groups is 1. The van der Waals surface area contributed by atoms with Crippen molar-refractivity contribution in [2.75, 3.05) is 13.1 Å². The van der Waals surface area contributed by atoms with Gasteiger partial charge in [0.2, 0.25) is 0 Å². The fourth-order valence-corrected chi connectivity index (χ4v) is 1.89. The van der Waals surface area contributed by atoms with Crippen molar-refractivity contribution in [1.82, 2.24) is 10.6 Å². The monoisotopic (exact) mass is 269 g/mol. The van der Waals surface area contributed by atoms with Gasteiger partial charge >= 0.3 is 6.61 Å². The van der Waals surface area contributed by atoms with Crippen molar-refractivity contribution >= 4 is 5.96 Å². The van der Waals surface area contributed by atoms with E-state index in [0.717, 1.165) is 25.1 Å². The summed E-state index contributed by atoms with van der Waals surface area (Å²) in [7, 11) is 0. The molecule has 1 aliphatic rings. The van der Waals surface area contributed by atoms with Gasteiger partial charge in [0, 0.05) is 25.2 Å². The highest BCUT2D eigenvalue weighted by Crippen LogP contribution is 2.21. The SMILES string of the molecule is Cc1ccc(OC(F)F)c(CNC2=NCCCN2)c1. The molecule has 0 fully saturated rings. The highest BCUT2D eigenvalue weighted by Gasteiger charge is 2.11. The molecule has 0 saturated carbocycles. The molecule has 2 rings (SSSR count). The summed E-state index contributed by atoms with van der Waals surface area (Å²) in [5.74, 6) is 0.903. The number of halogens is 2. The highest BCUT2D eigenvalue weighted by atomic mass is 19.3. The third-order valence-corrected chi connectivity index (χ3v) is 2.78. The predicted octanol–water partition coefficient (Wildman–Crippen LogP) is 2.04. The molecule has 0 saturated heterocycles. The third kappa shape index (κ3) is 4.08. The van der Waals surface area contributed by atoms with Crippen LogP contribution in [0.3, 0.4) is 0 Å². The molecule has 1 aromatic carbocycles. The zero-order valence-electron chi connectivity index (χ0n) is 10.7. The second-order valence-electron chi connectivity index (χ2n) is 4.35. The van der Waals surface area contributed by atoms with E-state index in [9.17, 15) is 8.78 Å². The number of hydrogen-bond acceptors (Lipinski definition) is 4. The summed E-state index contributed by atoms with van der Waals surface area (Å²) in [6.45, 7) is 1.15. The Morgan fingerprint density at radius 1 is 1.47 bits per heavy atom. The van der Waals surface area contributed by atoms with E-state index in [0.29, 0.717) is 18.1 Å². The van der Waals surface area contributed by atoms with E-state index < -0.39 is 6.61 Å². The van der Waals surface area contributed by atoms with Crippen molar-refractivity contribution in [1.29, 1.82) is 0 Å². The fourth-order valence-electron chi connectivity index (χ4n) is 1.89. The average Bonchev–Trinajstić information content (AvgIpc) is 2.40. The third-order valence-electron chi connectivity index (χ3n) is 2.78. The fraction of sp³-hybridized carbons (Fsp3) is 0.462. The van der Waals surface area contributed by atoms with Crippen molar-refractivity contribution in [2.24, 2.45) is 4.99 Å². The molecule has 19 heavy (non-hydrogen) atoms. The highest BCUT2D eigenvalue weighted by molar-refractivity contribution is 5.80. The number of aryl methyl sites for hydroxylation is 1. The molecule has 0 amide bonds. The Bertz CT molecular complexity index is 463. The van der Waals surface area contributed by atoms with Gasteiger partial charge in [0.1, 0.15) is 5.75 Å². The number of ether oxygens (including phenoxy) is 1. The first-order chi connectivity index (χ1) is 9.15. The smallest absolute Gasteiger partial charge is 0.387 e. The van der Waals surface area contributed by atoms with Gasteiger partial charge in [0.05, 0.1) is 0 Å². The molecule has 0 spiro atoms. The number of alkyl halides is 2. The number of hydrogen-bond donors (Lipinski definition) is 2. The van der Waals surface area contributed by atoms with Crippen molar-refractivity contribution < 1.29 is 13.5 Å². The molecule has 1 aromatic rings. The van der Waals surface area contributed by atoms with Gasteiger partial charge in [-0.3, -0.25) is 4.99 Å². The summed E-state index contributed by atoms with van der Waals surface area (Å²) < 4.78 is 29.1. The lowest BCUT2D eigenvalue weighted by Crippen LogP contribution is -2.40. The Morgan fingerprint density at radius 3 is 3.00 bits per heavy atom. The lowest BCUT2D eigenvalue weighted by Gasteiger charge is -2.17. The quantitative estimate of drug-likeness (QED) is 0.879. The summed E-state index contributed by atoms with van der Waals surface area (Å²) in [4.78, 5) is 4.26. The Balaban J connectivity index is 2.04. The molecule has 0 aliphatic carbocycles. The molecular weight excluding hydrogens is 252 g/mol. The van der Waals surface area contributed by atoms with Gasteiger partial charge in [-0.25, -0.2) is 0 Å². The summed E-state index contributed by atoms with van der Waals surface area (Å²) >= 11 is 0. The standard InChI is InChI=1S/C13H17F2N3O/c1-9-3-4-11(19-12(14)15)10(7-9)8-18-13-16-5-2-6-17-13/h3-4,7,12H,2,5-6,8H2,1H3,(H2,16,17,18). The van der Waals surface area contributed by atoms with Gasteiger partial charge < -0.3 is 15.4 Å². The molecule has 104 valence electrons. The van der Waals surface area contributed by atoms with Crippen LogP contribution >= 0.6 is 0 Å². The van der Waals surface area contributed by atoms with Gasteiger partial charge in [0.25, 0.3) is 0 Å². The van der Waals surface area contributed by atoms with Crippen LogP contribution in [0.5, 0.6) is 5.75 Å². The summed E-state index contributed by atoms with van der Waals surface area (Å²) in [5, 5.41) is 6.21. The molecule has 1 heterocycles. The number of nitrogens with zero attached hydrogens (tertiary/aromatic N) is 1. The zero-order valence-corrected chi connectivity index (χ0v) is 10.7. The Labute approximate surface area is 110 Å². The zero-order chi connectivity index (χ0) is 13.7. The molecule has 2 N–H and O–H groups in total. The van der Waals surface area contributed by atoms with Crippen LogP contribution in [0, 0.1) is 6.92 Å². The maximum atomic E-state index is 12.3. The number of nitrogens with one attached hydrogen (secondary N) is 2. The minimum absolute atomic E-state index is 0.199. The van der Waals surface area contributed by atoms with E-state index in [2.05, 4.69) is 20.4 Å². The van der Waals surface area contributed by atoms with Crippen molar-refractivity contribution in [2.45, 2.75) is 26.5 Å². The summed E-state index contributed by atoms with van der Waals surface area (Å²) in [6, 6.07) is 5.14. The van der Waals surface area contributed by atoms with Crippen molar-refractivity contribution in [3.05, 3.63) is 29.3 Å². The largest absolute Gasteiger partial charge is 0.434 e. The Kier molecular flexibility index (Phi) is 4.54. The Morgan fingerprint density at radius 2 is 2.32 bits per heavy atom. The number of rotatable bonds is 4. The maximum Gasteiger partial charge on any atom is 0.387 e. The molecule has 6 heteroatoms. The number of benzene rings is 1. The van der Waals surface area contributed by atoms with E-state index in [1.807, 2.05) is 13.0 Å². The van der Waals surface area contributed by atoms with Gasteiger partial charge in [0.15, 0.2) is 5.96 Å². The van der Waals surface area contributed by atoms with Crippen LogP contribution < -0.4 is 15.4 Å². The molecule has 1 aliphatic heterocycles. The summed E-state index contributed by atoms with van der Waals surface area (Å²) in [5.41, 5.74) is 1.69. The van der Waals surface area contributed by atoms with E-state index in [-0.39, 0.29) is 5.75 Å². The van der Waals surface area contributed by atoms with Crippen LogP contribution in [-0.2, 0) is 6.54 Å². The maximum absolute atomic E-state index is 12.3. The van der Waals surface area contributed by atoms with E-state index in [4.69, 9.17) is 0 Å². The average molecular weight is 269 g/mol. The van der Waals surface area contributed by atoms with Crippen LogP contribution in [0.25, 0.3) is 0 Å². The van der Waals surface area contributed by atoms with Gasteiger partial charge in [-0.2, -0.15) is 8.78 Å². The second kappa shape index (κ2) is 6.36. The van der Waals surface area contributed by atoms with Gasteiger partial charge in [-0.05, 0) is 19.4 Å². The Hall–Kier alpha value is -1.85. The molecule has 0 atom stereocenters. The second-order valence-corrected chi connectivity index (χ2v) is 4.35. The van der Waals surface area contributed by atoms with Crippen molar-refractivity contribution in [3.63, 3.8) is 0 Å². The normalized spacial score (nSPS) is 14.8. The topological polar surface area (TPSA) is 45.6 Å².